The zero-order chi connectivity index (χ0) is 19.4. The van der Waals surface area contributed by atoms with Crippen molar-refractivity contribution in [1.82, 2.24) is 5.32 Å². The van der Waals surface area contributed by atoms with Crippen LogP contribution in [0.1, 0.15) is 31.4 Å². The third-order valence-electron chi connectivity index (χ3n) is 4.39. The number of nitriles is 1. The summed E-state index contributed by atoms with van der Waals surface area (Å²) in [6, 6.07) is 9.32. The number of nitrogens with zero attached hydrogens (tertiary/aromatic N) is 2. The number of nitro groups is 1. The first-order chi connectivity index (χ1) is 13.0. The molecule has 0 spiro atoms. The Bertz CT molecular complexity index is 952. The highest BCUT2D eigenvalue weighted by molar-refractivity contribution is 6.30. The molecule has 0 saturated heterocycles. The quantitative estimate of drug-likeness (QED) is 0.353. The lowest BCUT2D eigenvalue weighted by molar-refractivity contribution is -0.384. The maximum absolute atomic E-state index is 12.2. The molecule has 0 unspecified atom stereocenters. The highest BCUT2D eigenvalue weighted by Gasteiger charge is 2.21. The van der Waals surface area contributed by atoms with Crippen LogP contribution in [-0.2, 0) is 4.79 Å². The first-order valence-electron chi connectivity index (χ1n) is 8.44. The molecular weight excluding hydrogens is 370 g/mol. The van der Waals surface area contributed by atoms with Crippen molar-refractivity contribution in [1.29, 1.82) is 5.26 Å². The molecule has 1 aromatic heterocycles. The molecule has 1 aromatic carbocycles. The number of rotatable bonds is 5. The van der Waals surface area contributed by atoms with Crippen molar-refractivity contribution in [3.8, 4) is 17.4 Å². The Morgan fingerprint density at radius 3 is 2.74 bits per heavy atom. The molecule has 8 heteroatoms. The van der Waals surface area contributed by atoms with Gasteiger partial charge in [0.2, 0.25) is 0 Å². The fraction of sp³-hybridized carbons (Fsp3) is 0.263. The second-order valence-electron chi connectivity index (χ2n) is 6.25. The molecule has 0 aliphatic heterocycles. The lowest BCUT2D eigenvalue weighted by Gasteiger charge is -2.10. The van der Waals surface area contributed by atoms with Gasteiger partial charge in [-0.25, -0.2) is 0 Å². The Labute approximate surface area is 160 Å². The normalized spacial score (nSPS) is 14.7. The molecule has 27 heavy (non-hydrogen) atoms. The number of benzene rings is 1. The van der Waals surface area contributed by atoms with Crippen LogP contribution in [0.2, 0.25) is 5.02 Å². The summed E-state index contributed by atoms with van der Waals surface area (Å²) in [4.78, 5) is 22.9. The van der Waals surface area contributed by atoms with Crippen molar-refractivity contribution < 1.29 is 14.1 Å². The number of furan rings is 1. The fourth-order valence-electron chi connectivity index (χ4n) is 3.06. The van der Waals surface area contributed by atoms with Gasteiger partial charge < -0.3 is 9.73 Å². The Hall–Kier alpha value is -3.11. The number of carbonyl (C=O) groups excluding carboxylic acids is 1. The zero-order valence-corrected chi connectivity index (χ0v) is 15.0. The van der Waals surface area contributed by atoms with Gasteiger partial charge in [-0.1, -0.05) is 24.4 Å². The van der Waals surface area contributed by atoms with E-state index in [2.05, 4.69) is 5.32 Å². The molecule has 3 rings (SSSR count). The number of hydrogen-bond acceptors (Lipinski definition) is 5. The maximum atomic E-state index is 12.2. The molecule has 1 saturated carbocycles. The van der Waals surface area contributed by atoms with E-state index >= 15 is 0 Å². The van der Waals surface area contributed by atoms with Crippen LogP contribution in [-0.4, -0.2) is 16.9 Å². The standard InChI is InChI=1S/C19H16ClN3O4/c20-13-5-7-16(17(10-13)23(25)26)18-8-6-15(27-18)9-12(11-21)19(24)22-14-3-1-2-4-14/h5-10,14H,1-4H2,(H,22,24)/b12-9-. The summed E-state index contributed by atoms with van der Waals surface area (Å²) >= 11 is 5.82. The maximum Gasteiger partial charge on any atom is 0.281 e. The summed E-state index contributed by atoms with van der Waals surface area (Å²) in [6.45, 7) is 0. The molecule has 0 atom stereocenters. The minimum atomic E-state index is -0.547. The van der Waals surface area contributed by atoms with Gasteiger partial charge in [-0.2, -0.15) is 5.26 Å². The summed E-state index contributed by atoms with van der Waals surface area (Å²) < 4.78 is 5.60. The molecule has 1 N–H and O–H groups in total. The van der Waals surface area contributed by atoms with E-state index in [1.165, 1.54) is 24.3 Å². The Morgan fingerprint density at radius 1 is 1.33 bits per heavy atom. The monoisotopic (exact) mass is 385 g/mol. The Kier molecular flexibility index (Phi) is 5.57. The van der Waals surface area contributed by atoms with Crippen LogP contribution in [0.4, 0.5) is 5.69 Å². The highest BCUT2D eigenvalue weighted by atomic mass is 35.5. The molecule has 1 aliphatic rings. The van der Waals surface area contributed by atoms with Crippen molar-refractivity contribution in [2.45, 2.75) is 31.7 Å². The zero-order valence-electron chi connectivity index (χ0n) is 14.3. The lowest BCUT2D eigenvalue weighted by Crippen LogP contribution is -2.33. The number of halogens is 1. The predicted octanol–water partition coefficient (Wildman–Crippen LogP) is 4.47. The van der Waals surface area contributed by atoms with Crippen LogP contribution in [0, 0.1) is 21.4 Å². The Morgan fingerprint density at radius 2 is 2.07 bits per heavy atom. The SMILES string of the molecule is N#C/C(=C/c1ccc(-c2ccc(Cl)cc2[N+](=O)[O-])o1)C(=O)NC1CCCC1. The molecular formula is C19H16ClN3O4. The Balaban J connectivity index is 1.84. The van der Waals surface area contributed by atoms with Gasteiger partial charge in [-0.3, -0.25) is 14.9 Å². The van der Waals surface area contributed by atoms with Crippen molar-refractivity contribution in [3.63, 3.8) is 0 Å². The van der Waals surface area contributed by atoms with Gasteiger partial charge in [0.25, 0.3) is 11.6 Å². The minimum absolute atomic E-state index is 0.0756. The van der Waals surface area contributed by atoms with Gasteiger partial charge in [-0.05, 0) is 37.1 Å². The van der Waals surface area contributed by atoms with E-state index in [1.54, 1.807) is 12.1 Å². The van der Waals surface area contributed by atoms with E-state index in [4.69, 9.17) is 16.0 Å². The third kappa shape index (κ3) is 4.36. The van der Waals surface area contributed by atoms with Crippen molar-refractivity contribution in [3.05, 3.63) is 56.8 Å². The van der Waals surface area contributed by atoms with Gasteiger partial charge in [0.15, 0.2) is 0 Å². The van der Waals surface area contributed by atoms with Gasteiger partial charge >= 0.3 is 0 Å². The number of carbonyl (C=O) groups is 1. The summed E-state index contributed by atoms with van der Waals surface area (Å²) in [6.07, 6.45) is 5.29. The van der Waals surface area contributed by atoms with Crippen LogP contribution in [0.3, 0.4) is 0 Å². The van der Waals surface area contributed by atoms with Crippen LogP contribution >= 0.6 is 11.6 Å². The summed E-state index contributed by atoms with van der Waals surface area (Å²) in [5.41, 5.74) is -0.00164. The first kappa shape index (κ1) is 18.7. The number of nitrogens with one attached hydrogen (secondary N) is 1. The van der Waals surface area contributed by atoms with Crippen molar-refractivity contribution in [2.75, 3.05) is 0 Å². The molecule has 1 fully saturated rings. The second kappa shape index (κ2) is 8.06. The minimum Gasteiger partial charge on any atom is -0.456 e. The number of hydrogen-bond donors (Lipinski definition) is 1. The van der Waals surface area contributed by atoms with Gasteiger partial charge in [0, 0.05) is 23.2 Å². The summed E-state index contributed by atoms with van der Waals surface area (Å²) in [5.74, 6) is 0.0605. The predicted molar refractivity (Wildman–Crippen MR) is 99.8 cm³/mol. The molecule has 1 amide bonds. The third-order valence-corrected chi connectivity index (χ3v) is 4.63. The molecule has 1 heterocycles. The molecule has 0 radical (unpaired) electrons. The van der Waals surface area contributed by atoms with Crippen LogP contribution in [0.25, 0.3) is 17.4 Å². The van der Waals surface area contributed by atoms with E-state index in [-0.39, 0.29) is 39.4 Å². The molecule has 0 bridgehead atoms. The average molecular weight is 386 g/mol. The molecule has 7 nitrogen and oxygen atoms in total. The summed E-state index contributed by atoms with van der Waals surface area (Å²) in [5, 5.41) is 23.6. The highest BCUT2D eigenvalue weighted by Crippen LogP contribution is 2.33. The molecule has 2 aromatic rings. The van der Waals surface area contributed by atoms with E-state index in [9.17, 15) is 20.2 Å². The van der Waals surface area contributed by atoms with Crippen molar-refractivity contribution >= 4 is 29.3 Å². The van der Waals surface area contributed by atoms with E-state index < -0.39 is 10.8 Å². The van der Waals surface area contributed by atoms with E-state index in [0.717, 1.165) is 25.7 Å². The number of nitro benzene ring substituents is 1. The van der Waals surface area contributed by atoms with Crippen LogP contribution < -0.4 is 5.32 Å². The smallest absolute Gasteiger partial charge is 0.281 e. The largest absolute Gasteiger partial charge is 0.456 e. The lowest BCUT2D eigenvalue weighted by atomic mass is 10.1. The number of amides is 1. The first-order valence-corrected chi connectivity index (χ1v) is 8.82. The summed E-state index contributed by atoms with van der Waals surface area (Å²) in [7, 11) is 0. The van der Waals surface area contributed by atoms with Crippen LogP contribution in [0.15, 0.2) is 40.3 Å². The van der Waals surface area contributed by atoms with Crippen molar-refractivity contribution in [2.24, 2.45) is 0 Å². The fourth-order valence-corrected chi connectivity index (χ4v) is 3.23. The topological polar surface area (TPSA) is 109 Å². The second-order valence-corrected chi connectivity index (χ2v) is 6.68. The van der Waals surface area contributed by atoms with Crippen LogP contribution in [0.5, 0.6) is 0 Å². The molecule has 1 aliphatic carbocycles. The van der Waals surface area contributed by atoms with E-state index in [0.29, 0.717) is 0 Å². The van der Waals surface area contributed by atoms with E-state index in [1.807, 2.05) is 6.07 Å². The van der Waals surface area contributed by atoms with Gasteiger partial charge in [0.1, 0.15) is 23.2 Å². The van der Waals surface area contributed by atoms with Gasteiger partial charge in [0.05, 0.1) is 10.5 Å². The molecule has 138 valence electrons. The van der Waals surface area contributed by atoms with Gasteiger partial charge in [-0.15, -0.1) is 0 Å². The average Bonchev–Trinajstić information content (AvgIpc) is 3.31.